The number of nitrogens with zero attached hydrogens (tertiary/aromatic N) is 3. The van der Waals surface area contributed by atoms with Gasteiger partial charge in [-0.2, -0.15) is 0 Å². The Hall–Kier alpha value is -3.72. The fraction of sp³-hybridized carbons (Fsp3) is 0.487. The first-order chi connectivity index (χ1) is 22.9. The van der Waals surface area contributed by atoms with E-state index in [1.54, 1.807) is 0 Å². The van der Waals surface area contributed by atoms with Crippen molar-refractivity contribution in [2.24, 2.45) is 5.92 Å². The number of rotatable bonds is 15. The van der Waals surface area contributed by atoms with Gasteiger partial charge < -0.3 is 24.4 Å². The number of hydrogen-bond donors (Lipinski definition) is 1. The molecule has 1 saturated heterocycles. The fourth-order valence-electron chi connectivity index (χ4n) is 6.18. The lowest BCUT2D eigenvalue weighted by Crippen LogP contribution is -2.36. The number of amides is 1. The van der Waals surface area contributed by atoms with Crippen molar-refractivity contribution in [1.29, 1.82) is 0 Å². The maximum absolute atomic E-state index is 13.6. The minimum atomic E-state index is -0.0694. The molecular formula is C39H52N4O4. The van der Waals surface area contributed by atoms with Gasteiger partial charge in [-0.1, -0.05) is 51.5 Å². The van der Waals surface area contributed by atoms with E-state index in [1.165, 1.54) is 5.56 Å². The van der Waals surface area contributed by atoms with Gasteiger partial charge in [0, 0.05) is 74.1 Å². The Morgan fingerprint density at radius 2 is 1.81 bits per heavy atom. The highest BCUT2D eigenvalue weighted by Crippen LogP contribution is 2.32. The lowest BCUT2D eigenvalue weighted by atomic mass is 10.0. The SMILES string of the molecule is CCCCOCCOc1ccc(-c2cnc3c(c2)C=C(C(=O)Nc2ccc(CN(C)C4CCOCC4)cc2)CCN3CC(C)C)cc1. The number of nitrogens with one attached hydrogen (secondary N) is 1. The topological polar surface area (TPSA) is 76.2 Å². The van der Waals surface area contributed by atoms with E-state index in [9.17, 15) is 4.79 Å². The molecule has 0 spiro atoms. The Bertz CT molecular complexity index is 1450. The summed E-state index contributed by atoms with van der Waals surface area (Å²) in [7, 11) is 2.18. The normalized spacial score (nSPS) is 15.4. The number of hydrogen-bond acceptors (Lipinski definition) is 7. The van der Waals surface area contributed by atoms with Crippen molar-refractivity contribution < 1.29 is 19.0 Å². The zero-order valence-corrected chi connectivity index (χ0v) is 28.7. The lowest BCUT2D eigenvalue weighted by Gasteiger charge is -2.31. The molecule has 0 atom stereocenters. The molecule has 0 saturated carbocycles. The van der Waals surface area contributed by atoms with Crippen molar-refractivity contribution in [3.05, 3.63) is 77.5 Å². The fourth-order valence-corrected chi connectivity index (χ4v) is 6.18. The molecule has 3 heterocycles. The van der Waals surface area contributed by atoms with Gasteiger partial charge in [-0.3, -0.25) is 9.69 Å². The maximum Gasteiger partial charge on any atom is 0.251 e. The minimum absolute atomic E-state index is 0.0694. The molecule has 1 fully saturated rings. The molecule has 0 aliphatic carbocycles. The molecule has 2 aliphatic rings. The van der Waals surface area contributed by atoms with Crippen LogP contribution >= 0.6 is 0 Å². The van der Waals surface area contributed by atoms with Gasteiger partial charge in [0.2, 0.25) is 0 Å². The zero-order chi connectivity index (χ0) is 33.0. The third kappa shape index (κ3) is 10.1. The summed E-state index contributed by atoms with van der Waals surface area (Å²) in [6, 6.07) is 19.0. The second kappa shape index (κ2) is 17.4. The zero-order valence-electron chi connectivity index (χ0n) is 28.7. The Labute approximate surface area is 281 Å². The van der Waals surface area contributed by atoms with E-state index in [0.29, 0.717) is 31.6 Å². The maximum atomic E-state index is 13.6. The van der Waals surface area contributed by atoms with E-state index in [1.807, 2.05) is 36.5 Å². The quantitative estimate of drug-likeness (QED) is 0.173. The standard InChI is InChI=1S/C39H52N4O4/c1-5-6-19-45-22-23-47-37-13-9-31(10-14-37)34-25-33-24-32(15-18-43(27-29(2)3)38(33)40-26-34)39(44)41-35-11-7-30(8-12-35)28-42(4)36-16-20-46-21-17-36/h7-14,24-26,29,36H,5-6,15-23,27-28H2,1-4H3,(H,41,44). The number of fused-ring (bicyclic) bond motifs is 1. The van der Waals surface area contributed by atoms with E-state index >= 15 is 0 Å². The van der Waals surface area contributed by atoms with Crippen LogP contribution in [0.1, 0.15) is 64.0 Å². The number of pyridine rings is 1. The summed E-state index contributed by atoms with van der Waals surface area (Å²) in [5.41, 5.74) is 5.80. The van der Waals surface area contributed by atoms with Crippen molar-refractivity contribution in [2.45, 2.75) is 65.5 Å². The van der Waals surface area contributed by atoms with Crippen molar-refractivity contribution in [3.8, 4) is 16.9 Å². The van der Waals surface area contributed by atoms with Gasteiger partial charge >= 0.3 is 0 Å². The molecule has 8 nitrogen and oxygen atoms in total. The molecule has 2 aliphatic heterocycles. The molecule has 0 bridgehead atoms. The van der Waals surface area contributed by atoms with Crippen LogP contribution in [0.5, 0.6) is 5.75 Å². The molecule has 3 aromatic rings. The van der Waals surface area contributed by atoms with Crippen LogP contribution in [0.15, 0.2) is 66.4 Å². The Kier molecular flexibility index (Phi) is 12.8. The molecule has 8 heteroatoms. The summed E-state index contributed by atoms with van der Waals surface area (Å²) >= 11 is 0. The molecule has 2 aromatic carbocycles. The highest BCUT2D eigenvalue weighted by molar-refractivity contribution is 6.07. The monoisotopic (exact) mass is 640 g/mol. The van der Waals surface area contributed by atoms with Crippen LogP contribution in [0, 0.1) is 5.92 Å². The second-order valence-corrected chi connectivity index (χ2v) is 13.1. The summed E-state index contributed by atoms with van der Waals surface area (Å²) < 4.78 is 17.0. The first-order valence-electron chi connectivity index (χ1n) is 17.3. The third-order valence-corrected chi connectivity index (χ3v) is 8.84. The van der Waals surface area contributed by atoms with Crippen LogP contribution in [-0.2, 0) is 20.8 Å². The average molecular weight is 641 g/mol. The molecule has 0 radical (unpaired) electrons. The van der Waals surface area contributed by atoms with Crippen LogP contribution in [0.4, 0.5) is 11.5 Å². The van der Waals surface area contributed by atoms with Crippen LogP contribution in [0.25, 0.3) is 17.2 Å². The van der Waals surface area contributed by atoms with Crippen molar-refractivity contribution in [3.63, 3.8) is 0 Å². The molecule has 1 N–H and O–H groups in total. The van der Waals surface area contributed by atoms with Crippen LogP contribution < -0.4 is 15.0 Å². The van der Waals surface area contributed by atoms with E-state index in [2.05, 4.69) is 73.3 Å². The third-order valence-electron chi connectivity index (χ3n) is 8.84. The summed E-state index contributed by atoms with van der Waals surface area (Å²) in [5.74, 6) is 2.14. The molecular weight excluding hydrogens is 588 g/mol. The number of aromatic nitrogens is 1. The molecule has 1 amide bonds. The van der Waals surface area contributed by atoms with Gasteiger partial charge in [0.05, 0.1) is 6.61 Å². The van der Waals surface area contributed by atoms with Crippen LogP contribution in [0.3, 0.4) is 0 Å². The largest absolute Gasteiger partial charge is 0.491 e. The predicted molar refractivity (Wildman–Crippen MR) is 191 cm³/mol. The first-order valence-corrected chi connectivity index (χ1v) is 17.3. The van der Waals surface area contributed by atoms with Gasteiger partial charge in [-0.15, -0.1) is 0 Å². The van der Waals surface area contributed by atoms with Gasteiger partial charge in [-0.25, -0.2) is 4.98 Å². The number of carbonyl (C=O) groups excluding carboxylic acids is 1. The molecule has 0 unspecified atom stereocenters. The van der Waals surface area contributed by atoms with Gasteiger partial charge in [0.25, 0.3) is 5.91 Å². The summed E-state index contributed by atoms with van der Waals surface area (Å²) in [4.78, 5) is 23.3. The number of ether oxygens (including phenoxy) is 3. The van der Waals surface area contributed by atoms with E-state index in [4.69, 9.17) is 19.2 Å². The minimum Gasteiger partial charge on any atom is -0.491 e. The predicted octanol–water partition coefficient (Wildman–Crippen LogP) is 7.44. The Balaban J connectivity index is 1.26. The molecule has 47 heavy (non-hydrogen) atoms. The summed E-state index contributed by atoms with van der Waals surface area (Å²) in [6.45, 7) is 12.7. The van der Waals surface area contributed by atoms with Crippen LogP contribution in [-0.4, -0.2) is 75.0 Å². The van der Waals surface area contributed by atoms with Gasteiger partial charge in [0.1, 0.15) is 18.2 Å². The number of benzene rings is 2. The van der Waals surface area contributed by atoms with Crippen molar-refractivity contribution in [2.75, 3.05) is 63.4 Å². The van der Waals surface area contributed by atoms with Gasteiger partial charge in [0.15, 0.2) is 0 Å². The van der Waals surface area contributed by atoms with E-state index < -0.39 is 0 Å². The van der Waals surface area contributed by atoms with E-state index in [0.717, 1.165) is 105 Å². The Morgan fingerprint density at radius 1 is 1.04 bits per heavy atom. The summed E-state index contributed by atoms with van der Waals surface area (Å²) in [5, 5.41) is 3.15. The van der Waals surface area contributed by atoms with Crippen LogP contribution in [0.2, 0.25) is 0 Å². The second-order valence-electron chi connectivity index (χ2n) is 13.1. The summed E-state index contributed by atoms with van der Waals surface area (Å²) in [6.07, 6.45) is 8.95. The number of anilines is 2. The van der Waals surface area contributed by atoms with Crippen molar-refractivity contribution >= 4 is 23.5 Å². The smallest absolute Gasteiger partial charge is 0.251 e. The van der Waals surface area contributed by atoms with Gasteiger partial charge in [-0.05, 0) is 86.2 Å². The average Bonchev–Trinajstić information content (AvgIpc) is 3.26. The molecule has 5 rings (SSSR count). The first kappa shape index (κ1) is 34.6. The van der Waals surface area contributed by atoms with E-state index in [-0.39, 0.29) is 5.91 Å². The Morgan fingerprint density at radius 3 is 2.53 bits per heavy atom. The number of carbonyl (C=O) groups is 1. The highest BCUT2D eigenvalue weighted by Gasteiger charge is 2.22. The molecule has 252 valence electrons. The van der Waals surface area contributed by atoms with Crippen molar-refractivity contribution in [1.82, 2.24) is 9.88 Å². The number of unbranched alkanes of at least 4 members (excludes halogenated alkanes) is 1. The highest BCUT2D eigenvalue weighted by atomic mass is 16.5. The lowest BCUT2D eigenvalue weighted by molar-refractivity contribution is -0.112. The molecule has 1 aromatic heterocycles.